The molecule has 0 spiro atoms. The number of anilines is 1. The van der Waals surface area contributed by atoms with E-state index in [1.54, 1.807) is 11.8 Å². The number of rotatable bonds is 3. The van der Waals surface area contributed by atoms with E-state index in [1.807, 2.05) is 11.0 Å². The van der Waals surface area contributed by atoms with Crippen molar-refractivity contribution < 1.29 is 4.79 Å². The summed E-state index contributed by atoms with van der Waals surface area (Å²) in [6.45, 7) is 0.825. The van der Waals surface area contributed by atoms with Crippen LogP contribution in [0, 0.1) is 0 Å². The fourth-order valence-corrected chi connectivity index (χ4v) is 5.64. The second-order valence-corrected chi connectivity index (χ2v) is 8.64. The van der Waals surface area contributed by atoms with Crippen molar-refractivity contribution in [3.05, 3.63) is 65.4 Å². The summed E-state index contributed by atoms with van der Waals surface area (Å²) >= 11 is 1.71. The molecule has 1 amide bonds. The molecule has 2 aliphatic rings. The van der Waals surface area contributed by atoms with Crippen LogP contribution in [-0.2, 0) is 24.1 Å². The molecule has 28 heavy (non-hydrogen) atoms. The number of carbonyl (C=O) groups excluding carboxylic acids is 1. The van der Waals surface area contributed by atoms with Crippen LogP contribution >= 0.6 is 11.8 Å². The number of thioether (sulfide) groups is 1. The molecule has 1 aromatic heterocycles. The predicted octanol–water partition coefficient (Wildman–Crippen LogP) is 5.19. The van der Waals surface area contributed by atoms with Crippen LogP contribution in [-0.4, -0.2) is 23.2 Å². The maximum absolute atomic E-state index is 13.1. The molecule has 0 saturated heterocycles. The Hall–Kier alpha value is -2.33. The van der Waals surface area contributed by atoms with Crippen LogP contribution in [0.15, 0.2) is 53.4 Å². The lowest BCUT2D eigenvalue weighted by atomic mass is 9.94. The molecule has 0 unspecified atom stereocenters. The Morgan fingerprint density at radius 3 is 2.75 bits per heavy atom. The van der Waals surface area contributed by atoms with Gasteiger partial charge < -0.3 is 4.90 Å². The normalized spacial score (nSPS) is 15.9. The minimum absolute atomic E-state index is 0.211. The molecule has 0 fully saturated rings. The van der Waals surface area contributed by atoms with Gasteiger partial charge in [0.2, 0.25) is 5.91 Å². The van der Waals surface area contributed by atoms with Gasteiger partial charge in [0.1, 0.15) is 0 Å². The Morgan fingerprint density at radius 1 is 0.964 bits per heavy atom. The first-order valence-corrected chi connectivity index (χ1v) is 11.2. The zero-order chi connectivity index (χ0) is 18.9. The fraction of sp³-hybridized carbons (Fsp3) is 0.333. The SMILES string of the molecule is O=C(CSc1c2c(nc3ccccc13)CCCC2)N1CCCc2ccccc21. The predicted molar refractivity (Wildman–Crippen MR) is 116 cm³/mol. The van der Waals surface area contributed by atoms with Crippen LogP contribution in [0.4, 0.5) is 5.69 Å². The summed E-state index contributed by atoms with van der Waals surface area (Å²) in [6, 6.07) is 16.7. The largest absolute Gasteiger partial charge is 0.311 e. The van der Waals surface area contributed by atoms with E-state index in [0.717, 1.165) is 43.4 Å². The van der Waals surface area contributed by atoms with E-state index < -0.39 is 0 Å². The number of fused-ring (bicyclic) bond motifs is 3. The van der Waals surface area contributed by atoms with E-state index in [2.05, 4.69) is 42.5 Å². The van der Waals surface area contributed by atoms with Crippen molar-refractivity contribution in [1.29, 1.82) is 0 Å². The van der Waals surface area contributed by atoms with Gasteiger partial charge in [0, 0.05) is 28.2 Å². The van der Waals surface area contributed by atoms with E-state index in [9.17, 15) is 4.79 Å². The Kier molecular flexibility index (Phi) is 4.81. The van der Waals surface area contributed by atoms with Gasteiger partial charge in [0.25, 0.3) is 0 Å². The molecule has 1 aliphatic carbocycles. The lowest BCUT2D eigenvalue weighted by Gasteiger charge is -2.29. The van der Waals surface area contributed by atoms with E-state index in [1.165, 1.54) is 39.9 Å². The highest BCUT2D eigenvalue weighted by Gasteiger charge is 2.24. The number of pyridine rings is 1. The van der Waals surface area contributed by atoms with E-state index >= 15 is 0 Å². The number of aromatic nitrogens is 1. The average molecular weight is 389 g/mol. The van der Waals surface area contributed by atoms with Crippen LogP contribution in [0.3, 0.4) is 0 Å². The first kappa shape index (κ1) is 17.7. The first-order valence-electron chi connectivity index (χ1n) is 10.2. The van der Waals surface area contributed by atoms with Gasteiger partial charge in [0.05, 0.1) is 11.3 Å². The van der Waals surface area contributed by atoms with Crippen molar-refractivity contribution >= 4 is 34.3 Å². The molecular weight excluding hydrogens is 364 g/mol. The molecule has 1 aliphatic heterocycles. The molecule has 3 aromatic rings. The number of benzene rings is 2. The van der Waals surface area contributed by atoms with Crippen LogP contribution in [0.25, 0.3) is 10.9 Å². The first-order chi connectivity index (χ1) is 13.8. The number of hydrogen-bond acceptors (Lipinski definition) is 3. The second kappa shape index (κ2) is 7.59. The van der Waals surface area contributed by atoms with Gasteiger partial charge >= 0.3 is 0 Å². The summed E-state index contributed by atoms with van der Waals surface area (Å²) in [5.74, 6) is 0.692. The highest BCUT2D eigenvalue weighted by Crippen LogP contribution is 2.36. The Balaban J connectivity index is 1.44. The third-order valence-corrected chi connectivity index (χ3v) is 7.01. The van der Waals surface area contributed by atoms with Gasteiger partial charge in [-0.25, -0.2) is 0 Å². The quantitative estimate of drug-likeness (QED) is 0.579. The average Bonchev–Trinajstić information content (AvgIpc) is 2.76. The number of amides is 1. The fourth-order valence-electron chi connectivity index (χ4n) is 4.50. The monoisotopic (exact) mass is 388 g/mol. The summed E-state index contributed by atoms with van der Waals surface area (Å²) in [4.78, 5) is 21.3. The summed E-state index contributed by atoms with van der Waals surface area (Å²) in [7, 11) is 0. The Labute approximate surface area is 170 Å². The third-order valence-electron chi connectivity index (χ3n) is 5.87. The molecule has 3 nitrogen and oxygen atoms in total. The van der Waals surface area contributed by atoms with Gasteiger partial charge in [-0.15, -0.1) is 11.8 Å². The summed E-state index contributed by atoms with van der Waals surface area (Å²) in [5.41, 5.74) is 6.06. The van der Waals surface area contributed by atoms with Crippen LogP contribution in [0.1, 0.15) is 36.1 Å². The van der Waals surface area contributed by atoms with Gasteiger partial charge in [-0.2, -0.15) is 0 Å². The van der Waals surface area contributed by atoms with Crippen molar-refractivity contribution in [2.24, 2.45) is 0 Å². The van der Waals surface area contributed by atoms with E-state index in [4.69, 9.17) is 4.98 Å². The maximum Gasteiger partial charge on any atom is 0.237 e. The second-order valence-electron chi connectivity index (χ2n) is 7.66. The summed E-state index contributed by atoms with van der Waals surface area (Å²) < 4.78 is 0. The molecule has 4 heteroatoms. The van der Waals surface area contributed by atoms with Crippen molar-refractivity contribution in [2.75, 3.05) is 17.2 Å². The molecule has 2 aromatic carbocycles. The van der Waals surface area contributed by atoms with Crippen molar-refractivity contribution in [3.8, 4) is 0 Å². The Bertz CT molecular complexity index is 1050. The summed E-state index contributed by atoms with van der Waals surface area (Å²) in [5, 5.41) is 1.19. The van der Waals surface area contributed by atoms with Crippen LogP contribution in [0.5, 0.6) is 0 Å². The van der Waals surface area contributed by atoms with Gasteiger partial charge in [0.15, 0.2) is 0 Å². The topological polar surface area (TPSA) is 33.2 Å². The lowest BCUT2D eigenvalue weighted by Crippen LogP contribution is -2.36. The van der Waals surface area contributed by atoms with Crippen LogP contribution in [0.2, 0.25) is 0 Å². The molecule has 0 radical (unpaired) electrons. The number of para-hydroxylation sites is 2. The molecule has 0 bridgehead atoms. The number of nitrogens with zero attached hydrogens (tertiary/aromatic N) is 2. The maximum atomic E-state index is 13.1. The molecular formula is C24H24N2OS. The number of hydrogen-bond donors (Lipinski definition) is 0. The summed E-state index contributed by atoms with van der Waals surface area (Å²) in [6.07, 6.45) is 6.67. The highest BCUT2D eigenvalue weighted by atomic mass is 32.2. The standard InChI is InChI=1S/C24H24N2OS/c27-23(26-15-7-9-17-8-1-6-14-22(17)26)16-28-24-18-10-2-4-12-20(18)25-21-13-5-3-11-19(21)24/h1-2,4,6,8,10,12,14H,3,5,7,9,11,13,15-16H2. The van der Waals surface area contributed by atoms with Gasteiger partial charge in [-0.1, -0.05) is 36.4 Å². The zero-order valence-electron chi connectivity index (χ0n) is 16.0. The van der Waals surface area contributed by atoms with E-state index in [0.29, 0.717) is 5.75 Å². The molecule has 0 N–H and O–H groups in total. The van der Waals surface area contributed by atoms with Crippen LogP contribution < -0.4 is 4.90 Å². The smallest absolute Gasteiger partial charge is 0.237 e. The molecule has 2 heterocycles. The van der Waals surface area contributed by atoms with E-state index in [-0.39, 0.29) is 5.91 Å². The minimum Gasteiger partial charge on any atom is -0.311 e. The third kappa shape index (κ3) is 3.20. The van der Waals surface area contributed by atoms with Gasteiger partial charge in [-0.05, 0) is 61.8 Å². The van der Waals surface area contributed by atoms with Crippen molar-refractivity contribution in [1.82, 2.24) is 4.98 Å². The number of aryl methyl sites for hydroxylation is 2. The van der Waals surface area contributed by atoms with Crippen molar-refractivity contribution in [3.63, 3.8) is 0 Å². The minimum atomic E-state index is 0.211. The molecule has 142 valence electrons. The lowest BCUT2D eigenvalue weighted by molar-refractivity contribution is -0.116. The zero-order valence-corrected chi connectivity index (χ0v) is 16.8. The Morgan fingerprint density at radius 2 is 1.79 bits per heavy atom. The highest BCUT2D eigenvalue weighted by molar-refractivity contribution is 8.00. The van der Waals surface area contributed by atoms with Gasteiger partial charge in [-0.3, -0.25) is 9.78 Å². The number of carbonyl (C=O) groups is 1. The molecule has 0 atom stereocenters. The molecule has 5 rings (SSSR count). The van der Waals surface area contributed by atoms with Crippen molar-refractivity contribution in [2.45, 2.75) is 43.4 Å². The molecule has 0 saturated carbocycles.